The second-order valence-electron chi connectivity index (χ2n) is 4.16. The Labute approximate surface area is 118 Å². The molecule has 0 saturated carbocycles. The molecule has 0 aliphatic rings. The summed E-state index contributed by atoms with van der Waals surface area (Å²) in [6.45, 7) is 0. The van der Waals surface area contributed by atoms with Crippen LogP contribution in [0.2, 0.25) is 0 Å². The van der Waals surface area contributed by atoms with E-state index in [1.54, 1.807) is 25.3 Å². The van der Waals surface area contributed by atoms with E-state index in [-0.39, 0.29) is 17.4 Å². The Hall–Kier alpha value is -3.10. The summed E-state index contributed by atoms with van der Waals surface area (Å²) in [5.41, 5.74) is 5.88. The van der Waals surface area contributed by atoms with Gasteiger partial charge in [-0.1, -0.05) is 0 Å². The highest BCUT2D eigenvalue weighted by atomic mass is 16.5. The Balaban J connectivity index is 2.26. The lowest BCUT2D eigenvalue weighted by Gasteiger charge is -2.09. The number of nitrogens with two attached hydrogens (primary N) is 1. The third kappa shape index (κ3) is 2.04. The second-order valence-corrected chi connectivity index (χ2v) is 4.16. The minimum atomic E-state index is -0.418. The molecule has 21 heavy (non-hydrogen) atoms. The van der Waals surface area contributed by atoms with Crippen molar-refractivity contribution in [3.05, 3.63) is 28.6 Å². The number of ether oxygens (including phenoxy) is 2. The zero-order chi connectivity index (χ0) is 15.0. The lowest BCUT2D eigenvalue weighted by Crippen LogP contribution is -2.16. The molecule has 9 heteroatoms. The fourth-order valence-electron chi connectivity index (χ4n) is 1.94. The number of aromatic nitrogens is 5. The number of nitrogens with zero attached hydrogens (tertiary/aromatic N) is 4. The van der Waals surface area contributed by atoms with E-state index in [9.17, 15) is 4.79 Å². The minimum Gasteiger partial charge on any atom is -0.497 e. The monoisotopic (exact) mass is 288 g/mol. The first-order valence-corrected chi connectivity index (χ1v) is 5.97. The number of aromatic amines is 1. The van der Waals surface area contributed by atoms with Crippen LogP contribution in [0.5, 0.6) is 11.5 Å². The largest absolute Gasteiger partial charge is 0.497 e. The van der Waals surface area contributed by atoms with Gasteiger partial charge in [0.25, 0.3) is 11.3 Å². The zero-order valence-corrected chi connectivity index (χ0v) is 11.3. The van der Waals surface area contributed by atoms with Gasteiger partial charge in [0.1, 0.15) is 11.5 Å². The van der Waals surface area contributed by atoms with E-state index >= 15 is 0 Å². The van der Waals surface area contributed by atoms with Crippen LogP contribution in [0.4, 0.5) is 5.95 Å². The van der Waals surface area contributed by atoms with Crippen LogP contribution in [0.3, 0.4) is 0 Å². The van der Waals surface area contributed by atoms with Gasteiger partial charge in [-0.25, -0.2) is 0 Å². The molecule has 0 saturated heterocycles. The highest BCUT2D eigenvalue weighted by Crippen LogP contribution is 2.30. The Morgan fingerprint density at radius 1 is 1.24 bits per heavy atom. The van der Waals surface area contributed by atoms with E-state index in [2.05, 4.69) is 20.3 Å². The summed E-state index contributed by atoms with van der Waals surface area (Å²) in [6, 6.07) is 5.05. The van der Waals surface area contributed by atoms with Crippen molar-refractivity contribution >= 4 is 11.7 Å². The van der Waals surface area contributed by atoms with Crippen molar-refractivity contribution in [3.63, 3.8) is 0 Å². The molecule has 0 radical (unpaired) electrons. The van der Waals surface area contributed by atoms with Gasteiger partial charge >= 0.3 is 0 Å². The average molecular weight is 288 g/mol. The number of hydrogen-bond donors (Lipinski definition) is 2. The third-order valence-corrected chi connectivity index (χ3v) is 2.97. The maximum absolute atomic E-state index is 12.1. The summed E-state index contributed by atoms with van der Waals surface area (Å²) in [4.78, 5) is 14.7. The first-order valence-electron chi connectivity index (χ1n) is 5.97. The quantitative estimate of drug-likeness (QED) is 0.700. The summed E-state index contributed by atoms with van der Waals surface area (Å²) < 4.78 is 11.7. The standard InChI is InChI=1S/C12H12N6O3/c1-20-6-3-4-7(8(5-6)21-2)9-10(19)14-12-16-15-11(13)18(12)17-9/h3-5H,1-2H3,(H2,13,15)(H,14,16,19). The Kier molecular flexibility index (Phi) is 2.94. The molecule has 1 aromatic carbocycles. The van der Waals surface area contributed by atoms with Gasteiger partial charge in [-0.05, 0) is 12.1 Å². The van der Waals surface area contributed by atoms with Crippen molar-refractivity contribution < 1.29 is 9.47 Å². The van der Waals surface area contributed by atoms with Crippen LogP contribution in [0.25, 0.3) is 17.0 Å². The lowest BCUT2D eigenvalue weighted by atomic mass is 10.1. The SMILES string of the molecule is COc1ccc(-c2nn3c(N)nnc3[nH]c2=O)c(OC)c1. The van der Waals surface area contributed by atoms with Crippen molar-refractivity contribution in [2.45, 2.75) is 0 Å². The average Bonchev–Trinajstić information content (AvgIpc) is 2.86. The van der Waals surface area contributed by atoms with Gasteiger partial charge in [0.05, 0.1) is 19.8 Å². The molecule has 3 rings (SSSR count). The number of nitrogens with one attached hydrogen (secondary N) is 1. The van der Waals surface area contributed by atoms with Gasteiger partial charge in [-0.2, -0.15) is 9.61 Å². The maximum atomic E-state index is 12.1. The predicted molar refractivity (Wildman–Crippen MR) is 74.4 cm³/mol. The van der Waals surface area contributed by atoms with E-state index in [0.717, 1.165) is 0 Å². The lowest BCUT2D eigenvalue weighted by molar-refractivity contribution is 0.395. The molecule has 0 spiro atoms. The molecule has 9 nitrogen and oxygen atoms in total. The Morgan fingerprint density at radius 2 is 2.05 bits per heavy atom. The van der Waals surface area contributed by atoms with Crippen LogP contribution in [0, 0.1) is 0 Å². The normalized spacial score (nSPS) is 10.8. The van der Waals surface area contributed by atoms with Crippen LogP contribution in [-0.4, -0.2) is 39.0 Å². The fraction of sp³-hybridized carbons (Fsp3) is 0.167. The number of anilines is 1. The summed E-state index contributed by atoms with van der Waals surface area (Å²) in [5.74, 6) is 1.32. The van der Waals surface area contributed by atoms with Gasteiger partial charge < -0.3 is 15.2 Å². The molecule has 0 unspecified atom stereocenters. The highest BCUT2D eigenvalue weighted by molar-refractivity contribution is 5.68. The summed E-state index contributed by atoms with van der Waals surface area (Å²) in [6.07, 6.45) is 0. The molecular weight excluding hydrogens is 276 g/mol. The number of fused-ring (bicyclic) bond motifs is 1. The molecule has 0 aliphatic heterocycles. The number of H-pyrrole nitrogens is 1. The second kappa shape index (κ2) is 4.78. The van der Waals surface area contributed by atoms with Gasteiger partial charge in [0, 0.05) is 6.07 Å². The number of nitrogen functional groups attached to an aromatic ring is 1. The third-order valence-electron chi connectivity index (χ3n) is 2.97. The summed E-state index contributed by atoms with van der Waals surface area (Å²) >= 11 is 0. The van der Waals surface area contributed by atoms with Gasteiger partial charge in [0.15, 0.2) is 5.69 Å². The van der Waals surface area contributed by atoms with Crippen LogP contribution in [0.15, 0.2) is 23.0 Å². The number of benzene rings is 1. The van der Waals surface area contributed by atoms with E-state index in [1.165, 1.54) is 11.6 Å². The first-order chi connectivity index (χ1) is 10.1. The molecule has 0 aliphatic carbocycles. The summed E-state index contributed by atoms with van der Waals surface area (Å²) in [5, 5.41) is 11.5. The Morgan fingerprint density at radius 3 is 2.76 bits per heavy atom. The number of rotatable bonds is 3. The molecule has 3 aromatic rings. The molecule has 3 N–H and O–H groups in total. The summed E-state index contributed by atoms with van der Waals surface area (Å²) in [7, 11) is 3.04. The minimum absolute atomic E-state index is 0.0787. The van der Waals surface area contributed by atoms with E-state index < -0.39 is 5.56 Å². The van der Waals surface area contributed by atoms with Crippen molar-refractivity contribution in [2.75, 3.05) is 20.0 Å². The van der Waals surface area contributed by atoms with E-state index in [4.69, 9.17) is 15.2 Å². The molecule has 2 heterocycles. The first kappa shape index (κ1) is 12.9. The highest BCUT2D eigenvalue weighted by Gasteiger charge is 2.15. The van der Waals surface area contributed by atoms with Crippen molar-refractivity contribution in [1.29, 1.82) is 0 Å². The van der Waals surface area contributed by atoms with E-state index in [0.29, 0.717) is 17.1 Å². The fourth-order valence-corrected chi connectivity index (χ4v) is 1.94. The van der Waals surface area contributed by atoms with Crippen molar-refractivity contribution in [3.8, 4) is 22.8 Å². The molecule has 0 atom stereocenters. The van der Waals surface area contributed by atoms with Crippen LogP contribution in [-0.2, 0) is 0 Å². The van der Waals surface area contributed by atoms with Crippen LogP contribution >= 0.6 is 0 Å². The molecule has 0 amide bonds. The van der Waals surface area contributed by atoms with E-state index in [1.807, 2.05) is 0 Å². The molecule has 2 aromatic heterocycles. The van der Waals surface area contributed by atoms with Crippen molar-refractivity contribution in [2.24, 2.45) is 0 Å². The number of hydrogen-bond acceptors (Lipinski definition) is 7. The number of methoxy groups -OCH3 is 2. The smallest absolute Gasteiger partial charge is 0.279 e. The molecular formula is C12H12N6O3. The van der Waals surface area contributed by atoms with Crippen LogP contribution < -0.4 is 20.8 Å². The van der Waals surface area contributed by atoms with Crippen molar-refractivity contribution in [1.82, 2.24) is 24.8 Å². The van der Waals surface area contributed by atoms with Crippen LogP contribution in [0.1, 0.15) is 0 Å². The van der Waals surface area contributed by atoms with Gasteiger partial charge in [-0.3, -0.25) is 9.78 Å². The topological polar surface area (TPSA) is 120 Å². The molecule has 0 bridgehead atoms. The zero-order valence-electron chi connectivity index (χ0n) is 11.3. The van der Waals surface area contributed by atoms with Gasteiger partial charge in [0.2, 0.25) is 5.95 Å². The van der Waals surface area contributed by atoms with Gasteiger partial charge in [-0.15, -0.1) is 10.2 Å². The maximum Gasteiger partial charge on any atom is 0.279 e. The predicted octanol–water partition coefficient (Wildman–Crippen LogP) is 0.0790. The Bertz CT molecular complexity index is 869. The molecule has 108 valence electrons. The molecule has 0 fully saturated rings.